The Morgan fingerprint density at radius 2 is 1.71 bits per heavy atom. The number of aromatic nitrogens is 5. The van der Waals surface area contributed by atoms with Crippen molar-refractivity contribution < 1.29 is 18.6 Å². The Morgan fingerprint density at radius 1 is 0.929 bits per heavy atom. The molecule has 2 heterocycles. The number of hydrogen-bond acceptors (Lipinski definition) is 8. The van der Waals surface area contributed by atoms with E-state index in [9.17, 15) is 9.18 Å². The molecular formula is C31H33FN6O4. The van der Waals surface area contributed by atoms with Gasteiger partial charge in [0.1, 0.15) is 11.6 Å². The number of hydrogen-bond donors (Lipinski definition) is 1. The van der Waals surface area contributed by atoms with Crippen LogP contribution in [0.5, 0.6) is 17.2 Å². The molecule has 0 fully saturated rings. The highest BCUT2D eigenvalue weighted by Crippen LogP contribution is 2.28. The first-order chi connectivity index (χ1) is 20.4. The van der Waals surface area contributed by atoms with E-state index in [1.807, 2.05) is 49.4 Å². The molecule has 0 aliphatic carbocycles. The number of fused-ring (bicyclic) bond motifs is 1. The van der Waals surface area contributed by atoms with Gasteiger partial charge in [0.05, 0.1) is 33.9 Å². The fourth-order valence-corrected chi connectivity index (χ4v) is 4.80. The highest BCUT2D eigenvalue weighted by atomic mass is 19.1. The van der Waals surface area contributed by atoms with Gasteiger partial charge in [-0.15, -0.1) is 5.10 Å². The van der Waals surface area contributed by atoms with Crippen LogP contribution in [-0.2, 0) is 26.1 Å². The van der Waals surface area contributed by atoms with E-state index in [1.54, 1.807) is 31.0 Å². The third-order valence-electron chi connectivity index (χ3n) is 6.98. The summed E-state index contributed by atoms with van der Waals surface area (Å²) in [5.74, 6) is 2.38. The van der Waals surface area contributed by atoms with Crippen molar-refractivity contribution >= 4 is 10.9 Å². The number of rotatable bonds is 13. The van der Waals surface area contributed by atoms with E-state index in [2.05, 4.69) is 25.4 Å². The Kier molecular flexibility index (Phi) is 9.08. The van der Waals surface area contributed by atoms with Gasteiger partial charge in [-0.1, -0.05) is 18.2 Å². The number of H-pyrrole nitrogens is 1. The van der Waals surface area contributed by atoms with Crippen LogP contribution in [0.1, 0.15) is 29.4 Å². The lowest BCUT2D eigenvalue weighted by atomic mass is 10.1. The molecule has 5 aromatic rings. The van der Waals surface area contributed by atoms with Crippen molar-refractivity contribution in [2.75, 3.05) is 27.4 Å². The van der Waals surface area contributed by atoms with Gasteiger partial charge in [0.25, 0.3) is 5.56 Å². The van der Waals surface area contributed by atoms with Crippen LogP contribution < -0.4 is 19.8 Å². The van der Waals surface area contributed by atoms with Gasteiger partial charge >= 0.3 is 0 Å². The maximum absolute atomic E-state index is 13.4. The third kappa shape index (κ3) is 6.92. The summed E-state index contributed by atoms with van der Waals surface area (Å²) in [5.41, 5.74) is 3.12. The molecule has 0 bridgehead atoms. The van der Waals surface area contributed by atoms with Crippen molar-refractivity contribution in [3.63, 3.8) is 0 Å². The molecule has 218 valence electrons. The molecule has 1 N–H and O–H groups in total. The quantitative estimate of drug-likeness (QED) is 0.222. The van der Waals surface area contributed by atoms with E-state index in [1.165, 1.54) is 12.1 Å². The van der Waals surface area contributed by atoms with Gasteiger partial charge in [0.2, 0.25) is 0 Å². The Hall–Kier alpha value is -4.77. The number of ether oxygens (including phenoxy) is 3. The molecular weight excluding hydrogens is 539 g/mol. The topological polar surface area (TPSA) is 107 Å². The third-order valence-corrected chi connectivity index (χ3v) is 6.98. The largest absolute Gasteiger partial charge is 0.494 e. The Labute approximate surface area is 242 Å². The van der Waals surface area contributed by atoms with E-state index in [0.29, 0.717) is 62.1 Å². The molecule has 0 atom stereocenters. The molecule has 42 heavy (non-hydrogen) atoms. The van der Waals surface area contributed by atoms with Crippen LogP contribution in [-0.4, -0.2) is 57.5 Å². The molecule has 5 rings (SSSR count). The molecule has 3 aromatic carbocycles. The molecule has 2 aromatic heterocycles. The fraction of sp³-hybridized carbons (Fsp3) is 0.290. The fourth-order valence-electron chi connectivity index (χ4n) is 4.80. The van der Waals surface area contributed by atoms with Crippen molar-refractivity contribution in [3.8, 4) is 17.2 Å². The molecule has 0 spiro atoms. The zero-order valence-corrected chi connectivity index (χ0v) is 23.8. The van der Waals surface area contributed by atoms with E-state index in [-0.39, 0.29) is 11.4 Å². The summed E-state index contributed by atoms with van der Waals surface area (Å²) in [5, 5.41) is 13.2. The minimum absolute atomic E-state index is 0.159. The average Bonchev–Trinajstić information content (AvgIpc) is 3.43. The van der Waals surface area contributed by atoms with E-state index >= 15 is 0 Å². The summed E-state index contributed by atoms with van der Waals surface area (Å²) in [6.45, 7) is 4.23. The van der Waals surface area contributed by atoms with Crippen LogP contribution in [0.25, 0.3) is 10.9 Å². The number of nitrogens with zero attached hydrogens (tertiary/aromatic N) is 5. The first-order valence-electron chi connectivity index (χ1n) is 13.7. The van der Waals surface area contributed by atoms with Crippen molar-refractivity contribution in [1.29, 1.82) is 0 Å². The molecule has 0 saturated heterocycles. The number of tetrazole rings is 1. The summed E-state index contributed by atoms with van der Waals surface area (Å²) in [7, 11) is 3.21. The van der Waals surface area contributed by atoms with E-state index < -0.39 is 0 Å². The average molecular weight is 573 g/mol. The van der Waals surface area contributed by atoms with Gasteiger partial charge in [-0.3, -0.25) is 9.69 Å². The van der Waals surface area contributed by atoms with Gasteiger partial charge in [-0.2, -0.15) is 0 Å². The molecule has 0 saturated carbocycles. The standard InChI is InChI=1S/C31H33FN6O4/c1-4-42-26-10-11-27-23(17-26)16-24(31(39)33-27)19-37(14-13-21-7-12-28(40-2)29(15-21)41-3)20-30-34-35-36-38(30)18-22-5-8-25(32)9-6-22/h5-12,15-17H,4,13-14,18-20H2,1-3H3,(H,33,39). The van der Waals surface area contributed by atoms with E-state index in [0.717, 1.165) is 27.8 Å². The van der Waals surface area contributed by atoms with Gasteiger partial charge in [-0.25, -0.2) is 9.07 Å². The lowest BCUT2D eigenvalue weighted by molar-refractivity contribution is 0.247. The highest BCUT2D eigenvalue weighted by Gasteiger charge is 2.17. The minimum Gasteiger partial charge on any atom is -0.494 e. The van der Waals surface area contributed by atoms with Crippen molar-refractivity contribution in [2.45, 2.75) is 33.0 Å². The van der Waals surface area contributed by atoms with Crippen LogP contribution in [0.3, 0.4) is 0 Å². The van der Waals surface area contributed by atoms with Crippen molar-refractivity contribution in [3.05, 3.63) is 105 Å². The molecule has 0 amide bonds. The molecule has 11 heteroatoms. The number of nitrogens with one attached hydrogen (secondary N) is 1. The van der Waals surface area contributed by atoms with Crippen molar-refractivity contribution in [1.82, 2.24) is 30.1 Å². The summed E-state index contributed by atoms with van der Waals surface area (Å²) in [6, 6.07) is 19.6. The highest BCUT2D eigenvalue weighted by molar-refractivity contribution is 5.80. The van der Waals surface area contributed by atoms with Crippen LogP contribution in [0.15, 0.2) is 71.5 Å². The lowest BCUT2D eigenvalue weighted by Gasteiger charge is -2.22. The van der Waals surface area contributed by atoms with Gasteiger partial charge in [-0.05, 0) is 83.4 Å². The number of methoxy groups -OCH3 is 2. The van der Waals surface area contributed by atoms with Gasteiger partial charge in [0.15, 0.2) is 17.3 Å². The van der Waals surface area contributed by atoms with Crippen LogP contribution in [0.2, 0.25) is 0 Å². The second-order valence-corrected chi connectivity index (χ2v) is 9.83. The Bertz CT molecular complexity index is 1700. The monoisotopic (exact) mass is 572 g/mol. The number of aromatic amines is 1. The summed E-state index contributed by atoms with van der Waals surface area (Å²) >= 11 is 0. The molecule has 0 aliphatic heterocycles. The zero-order valence-electron chi connectivity index (χ0n) is 23.8. The molecule has 10 nitrogen and oxygen atoms in total. The van der Waals surface area contributed by atoms with Crippen molar-refractivity contribution in [2.24, 2.45) is 0 Å². The van der Waals surface area contributed by atoms with Gasteiger partial charge < -0.3 is 19.2 Å². The maximum atomic E-state index is 13.4. The van der Waals surface area contributed by atoms with Crippen LogP contribution in [0, 0.1) is 5.82 Å². The second-order valence-electron chi connectivity index (χ2n) is 9.83. The summed E-state index contributed by atoms with van der Waals surface area (Å²) in [4.78, 5) is 18.3. The minimum atomic E-state index is -0.300. The summed E-state index contributed by atoms with van der Waals surface area (Å²) in [6.07, 6.45) is 0.680. The van der Waals surface area contributed by atoms with Crippen LogP contribution >= 0.6 is 0 Å². The Balaban J connectivity index is 1.42. The number of halogens is 1. The predicted octanol–water partition coefficient (Wildman–Crippen LogP) is 4.36. The first-order valence-corrected chi connectivity index (χ1v) is 13.7. The Morgan fingerprint density at radius 3 is 2.48 bits per heavy atom. The first kappa shape index (κ1) is 28.7. The smallest absolute Gasteiger partial charge is 0.252 e. The second kappa shape index (κ2) is 13.3. The normalized spacial score (nSPS) is 11.3. The summed E-state index contributed by atoms with van der Waals surface area (Å²) < 4.78 is 31.6. The number of benzene rings is 3. The predicted molar refractivity (Wildman–Crippen MR) is 156 cm³/mol. The molecule has 0 unspecified atom stereocenters. The SMILES string of the molecule is CCOc1ccc2[nH]c(=O)c(CN(CCc3ccc(OC)c(OC)c3)Cc3nnnn3Cc3ccc(F)cc3)cc2c1. The van der Waals surface area contributed by atoms with E-state index in [4.69, 9.17) is 14.2 Å². The maximum Gasteiger partial charge on any atom is 0.252 e. The zero-order chi connectivity index (χ0) is 29.5. The number of pyridine rings is 1. The lowest BCUT2D eigenvalue weighted by Crippen LogP contribution is -2.30. The van der Waals surface area contributed by atoms with Gasteiger partial charge in [0, 0.05) is 29.6 Å². The van der Waals surface area contributed by atoms with Crippen LogP contribution in [0.4, 0.5) is 4.39 Å². The molecule has 0 aliphatic rings. The molecule has 0 radical (unpaired) electrons.